The third-order valence-corrected chi connectivity index (χ3v) is 6.10. The minimum absolute atomic E-state index is 0.0621. The van der Waals surface area contributed by atoms with Crippen LogP contribution in [0.1, 0.15) is 28.8 Å². The van der Waals surface area contributed by atoms with Crippen molar-refractivity contribution in [2.24, 2.45) is 0 Å². The van der Waals surface area contributed by atoms with Gasteiger partial charge in [-0.15, -0.1) is 11.6 Å². The topological polar surface area (TPSA) is 98.9 Å². The molecule has 2 aromatic carbocycles. The predicted octanol–water partition coefficient (Wildman–Crippen LogP) is 5.08. The SMILES string of the molecule is Cc1cccc(-c2nc(CN(Cc3noc(-c4cccc(C)c4)n3)C[C@@H](CCl)n3cccn3)no2)c1. The molecular formula is C26H26ClN7O2. The average molecular weight is 504 g/mol. The highest BCUT2D eigenvalue weighted by Gasteiger charge is 2.21. The third-order valence-electron chi connectivity index (χ3n) is 5.74. The van der Waals surface area contributed by atoms with Gasteiger partial charge in [-0.1, -0.05) is 45.7 Å². The number of alkyl halides is 1. The number of benzene rings is 2. The van der Waals surface area contributed by atoms with Gasteiger partial charge in [-0.2, -0.15) is 15.1 Å². The van der Waals surface area contributed by atoms with E-state index < -0.39 is 0 Å². The lowest BCUT2D eigenvalue weighted by atomic mass is 10.1. The molecule has 184 valence electrons. The Morgan fingerprint density at radius 2 is 1.44 bits per heavy atom. The van der Waals surface area contributed by atoms with Crippen LogP contribution in [-0.2, 0) is 13.1 Å². The number of halogens is 1. The van der Waals surface area contributed by atoms with Gasteiger partial charge in [0.05, 0.1) is 19.1 Å². The molecule has 9 nitrogen and oxygen atoms in total. The Kier molecular flexibility index (Phi) is 7.20. The van der Waals surface area contributed by atoms with Gasteiger partial charge in [0.25, 0.3) is 11.8 Å². The number of hydrogen-bond acceptors (Lipinski definition) is 8. The maximum Gasteiger partial charge on any atom is 0.257 e. The standard InChI is InChI=1S/C26H26ClN7O2/c1-18-6-3-8-20(12-18)25-29-23(31-35-25)16-33(15-22(14-27)34-11-5-10-28-34)17-24-30-26(36-32-24)21-9-4-7-19(2)13-21/h3-13,22H,14-17H2,1-2H3/t22-/m1/s1. The Balaban J connectivity index is 1.37. The molecule has 0 radical (unpaired) electrons. The molecule has 0 aliphatic carbocycles. The van der Waals surface area contributed by atoms with E-state index in [0.717, 1.165) is 22.3 Å². The number of hydrogen-bond donors (Lipinski definition) is 0. The molecule has 5 rings (SSSR count). The van der Waals surface area contributed by atoms with Crippen LogP contribution in [0.2, 0.25) is 0 Å². The van der Waals surface area contributed by atoms with Crippen molar-refractivity contribution in [2.45, 2.75) is 33.0 Å². The van der Waals surface area contributed by atoms with Gasteiger partial charge in [-0.05, 0) is 44.2 Å². The van der Waals surface area contributed by atoms with Crippen LogP contribution < -0.4 is 0 Å². The molecule has 0 bridgehead atoms. The summed E-state index contributed by atoms with van der Waals surface area (Å²) >= 11 is 6.32. The number of aromatic nitrogens is 6. The minimum Gasteiger partial charge on any atom is -0.334 e. The van der Waals surface area contributed by atoms with E-state index >= 15 is 0 Å². The first kappa shape index (κ1) is 23.9. The van der Waals surface area contributed by atoms with Crippen LogP contribution in [0, 0.1) is 13.8 Å². The Morgan fingerprint density at radius 1 is 0.861 bits per heavy atom. The molecule has 5 aromatic rings. The lowest BCUT2D eigenvalue weighted by Crippen LogP contribution is -2.32. The van der Waals surface area contributed by atoms with Crippen LogP contribution in [0.5, 0.6) is 0 Å². The molecule has 0 saturated heterocycles. The minimum atomic E-state index is -0.0621. The fourth-order valence-corrected chi connectivity index (χ4v) is 4.25. The van der Waals surface area contributed by atoms with Crippen molar-refractivity contribution in [3.63, 3.8) is 0 Å². The average Bonchev–Trinajstić information content (AvgIpc) is 3.65. The summed E-state index contributed by atoms with van der Waals surface area (Å²) in [5, 5.41) is 12.8. The monoisotopic (exact) mass is 503 g/mol. The van der Waals surface area contributed by atoms with Gasteiger partial charge in [0.15, 0.2) is 11.6 Å². The first-order chi connectivity index (χ1) is 17.6. The summed E-state index contributed by atoms with van der Waals surface area (Å²) in [7, 11) is 0. The predicted molar refractivity (Wildman–Crippen MR) is 135 cm³/mol. The molecule has 0 aliphatic rings. The van der Waals surface area contributed by atoms with Gasteiger partial charge >= 0.3 is 0 Å². The smallest absolute Gasteiger partial charge is 0.257 e. The molecule has 0 unspecified atom stereocenters. The van der Waals surface area contributed by atoms with Crippen molar-refractivity contribution in [2.75, 3.05) is 12.4 Å². The molecule has 0 N–H and O–H groups in total. The number of aryl methyl sites for hydroxylation is 2. The van der Waals surface area contributed by atoms with E-state index in [1.54, 1.807) is 6.20 Å². The van der Waals surface area contributed by atoms with Crippen LogP contribution in [-0.4, -0.2) is 47.4 Å². The highest BCUT2D eigenvalue weighted by Crippen LogP contribution is 2.22. The van der Waals surface area contributed by atoms with E-state index in [0.29, 0.717) is 48.9 Å². The summed E-state index contributed by atoms with van der Waals surface area (Å²) in [6, 6.07) is 17.8. The van der Waals surface area contributed by atoms with Crippen LogP contribution in [0.4, 0.5) is 0 Å². The molecule has 3 aromatic heterocycles. The first-order valence-electron chi connectivity index (χ1n) is 11.6. The van der Waals surface area contributed by atoms with Gasteiger partial charge in [0.1, 0.15) is 0 Å². The zero-order valence-corrected chi connectivity index (χ0v) is 20.8. The fraction of sp³-hybridized carbons (Fsp3) is 0.269. The Morgan fingerprint density at radius 3 is 1.92 bits per heavy atom. The third kappa shape index (κ3) is 5.69. The largest absolute Gasteiger partial charge is 0.334 e. The summed E-state index contributed by atoms with van der Waals surface area (Å²) in [6.07, 6.45) is 3.64. The lowest BCUT2D eigenvalue weighted by Gasteiger charge is -2.24. The fourth-order valence-electron chi connectivity index (χ4n) is 4.01. The Labute approximate surface area is 213 Å². The molecule has 36 heavy (non-hydrogen) atoms. The van der Waals surface area contributed by atoms with Crippen molar-refractivity contribution in [3.05, 3.63) is 89.8 Å². The molecule has 1 atom stereocenters. The summed E-state index contributed by atoms with van der Waals surface area (Å²) in [5.41, 5.74) is 4.02. The van der Waals surface area contributed by atoms with Gasteiger partial charge in [-0.3, -0.25) is 9.58 Å². The Bertz CT molecular complexity index is 1330. The van der Waals surface area contributed by atoms with Crippen LogP contribution in [0.3, 0.4) is 0 Å². The van der Waals surface area contributed by atoms with E-state index in [2.05, 4.69) is 30.3 Å². The van der Waals surface area contributed by atoms with Crippen LogP contribution >= 0.6 is 11.6 Å². The molecule has 0 aliphatic heterocycles. The second-order valence-electron chi connectivity index (χ2n) is 8.73. The van der Waals surface area contributed by atoms with Crippen LogP contribution in [0.15, 0.2) is 76.0 Å². The highest BCUT2D eigenvalue weighted by atomic mass is 35.5. The van der Waals surface area contributed by atoms with Gasteiger partial charge in [-0.25, -0.2) is 0 Å². The normalized spacial score (nSPS) is 12.3. The maximum absolute atomic E-state index is 6.32. The maximum atomic E-state index is 6.32. The van der Waals surface area contributed by atoms with E-state index in [1.165, 1.54) is 0 Å². The zero-order valence-electron chi connectivity index (χ0n) is 20.1. The van der Waals surface area contributed by atoms with E-state index in [-0.39, 0.29) is 6.04 Å². The van der Waals surface area contributed by atoms with Gasteiger partial charge < -0.3 is 9.05 Å². The molecule has 10 heteroatoms. The lowest BCUT2D eigenvalue weighted by molar-refractivity contribution is 0.202. The summed E-state index contributed by atoms with van der Waals surface area (Å²) in [6.45, 7) is 5.46. The van der Waals surface area contributed by atoms with E-state index in [4.69, 9.17) is 20.6 Å². The molecular weight excluding hydrogens is 478 g/mol. The summed E-state index contributed by atoms with van der Waals surface area (Å²) in [5.74, 6) is 2.47. The van der Waals surface area contributed by atoms with Crippen LogP contribution in [0.25, 0.3) is 22.9 Å². The summed E-state index contributed by atoms with van der Waals surface area (Å²) in [4.78, 5) is 11.4. The van der Waals surface area contributed by atoms with E-state index in [9.17, 15) is 0 Å². The molecule has 0 saturated carbocycles. The van der Waals surface area contributed by atoms with Gasteiger partial charge in [0, 0.05) is 35.9 Å². The summed E-state index contributed by atoms with van der Waals surface area (Å²) < 4.78 is 13.0. The van der Waals surface area contributed by atoms with Crippen molar-refractivity contribution in [1.29, 1.82) is 0 Å². The van der Waals surface area contributed by atoms with Crippen molar-refractivity contribution in [3.8, 4) is 22.9 Å². The molecule has 0 spiro atoms. The molecule has 3 heterocycles. The molecule has 0 fully saturated rings. The second-order valence-corrected chi connectivity index (χ2v) is 9.04. The number of nitrogens with zero attached hydrogens (tertiary/aromatic N) is 7. The van der Waals surface area contributed by atoms with Crippen molar-refractivity contribution >= 4 is 11.6 Å². The first-order valence-corrected chi connectivity index (χ1v) is 12.2. The van der Waals surface area contributed by atoms with Gasteiger partial charge in [0.2, 0.25) is 0 Å². The second kappa shape index (κ2) is 10.8. The zero-order chi connectivity index (χ0) is 24.9. The van der Waals surface area contributed by atoms with Crippen molar-refractivity contribution < 1.29 is 9.05 Å². The Hall–Kier alpha value is -3.82. The highest BCUT2D eigenvalue weighted by molar-refractivity contribution is 6.18. The van der Waals surface area contributed by atoms with E-state index in [1.807, 2.05) is 79.3 Å². The van der Waals surface area contributed by atoms with Crippen molar-refractivity contribution in [1.82, 2.24) is 35.0 Å². The quantitative estimate of drug-likeness (QED) is 0.243. The molecule has 0 amide bonds. The number of rotatable bonds is 10.